The molecular weight excluding hydrogens is 684 g/mol. The number of rotatable bonds is 18. The summed E-state index contributed by atoms with van der Waals surface area (Å²) in [4.78, 5) is 149. The van der Waals surface area contributed by atoms with Crippen molar-refractivity contribution >= 4 is 53.4 Å². The van der Waals surface area contributed by atoms with Gasteiger partial charge in [0.15, 0.2) is 0 Å². The summed E-state index contributed by atoms with van der Waals surface area (Å²) in [6.45, 7) is -4.19. The molecule has 0 saturated carbocycles. The van der Waals surface area contributed by atoms with Crippen molar-refractivity contribution in [3.05, 3.63) is 67.9 Å². The van der Waals surface area contributed by atoms with Gasteiger partial charge in [-0.1, -0.05) is 0 Å². The standard InChI is InChI=1S/C30H30N6O15/c37-19-1-2-20(38)31(19)10-7-25(43)49-16-13-34-28(46)35(14-17-50-26(44)8-11-32-21(39)3-4-22(32)40)30(48)36(29(34)47)15-18-51-27(45)9-12-33-23(41)5-6-24(33)42/h1-6H,7-18H2. The van der Waals surface area contributed by atoms with E-state index in [9.17, 15) is 57.5 Å². The van der Waals surface area contributed by atoms with Gasteiger partial charge in [0.1, 0.15) is 19.8 Å². The molecule has 0 spiro atoms. The molecule has 4 heterocycles. The normalized spacial score (nSPS) is 15.2. The Labute approximate surface area is 285 Å². The van der Waals surface area contributed by atoms with Gasteiger partial charge in [0.2, 0.25) is 0 Å². The van der Waals surface area contributed by atoms with Crippen LogP contribution in [-0.2, 0) is 77.0 Å². The van der Waals surface area contributed by atoms with E-state index in [1.165, 1.54) is 0 Å². The summed E-state index contributed by atoms with van der Waals surface area (Å²) in [7, 11) is 0. The lowest BCUT2D eigenvalue weighted by Crippen LogP contribution is -2.55. The van der Waals surface area contributed by atoms with Crippen molar-refractivity contribution in [3.63, 3.8) is 0 Å². The molecule has 0 unspecified atom stereocenters. The molecule has 0 radical (unpaired) electrons. The maximum Gasteiger partial charge on any atom is 0.336 e. The molecule has 270 valence electrons. The first kappa shape index (κ1) is 37.3. The van der Waals surface area contributed by atoms with Crippen LogP contribution in [0.1, 0.15) is 19.3 Å². The third kappa shape index (κ3) is 9.33. The summed E-state index contributed by atoms with van der Waals surface area (Å²) < 4.78 is 16.7. The summed E-state index contributed by atoms with van der Waals surface area (Å²) >= 11 is 0. The van der Waals surface area contributed by atoms with Gasteiger partial charge in [-0.3, -0.25) is 57.9 Å². The van der Waals surface area contributed by atoms with Crippen LogP contribution < -0.4 is 17.1 Å². The Morgan fingerprint density at radius 3 is 0.804 bits per heavy atom. The van der Waals surface area contributed by atoms with Crippen LogP contribution in [0.25, 0.3) is 0 Å². The van der Waals surface area contributed by atoms with Crippen LogP contribution in [0.2, 0.25) is 0 Å². The Bertz CT molecular complexity index is 1650. The van der Waals surface area contributed by atoms with E-state index in [-0.39, 0.29) is 38.9 Å². The van der Waals surface area contributed by atoms with Gasteiger partial charge in [-0.15, -0.1) is 0 Å². The topological polar surface area (TPSA) is 257 Å². The molecule has 1 aromatic heterocycles. The number of aromatic nitrogens is 3. The minimum absolute atomic E-state index is 0.276. The average molecular weight is 715 g/mol. The maximum absolute atomic E-state index is 13.2. The predicted octanol–water partition coefficient (Wildman–Crippen LogP) is -4.25. The molecule has 0 saturated heterocycles. The molecule has 1 aromatic rings. The third-order valence-corrected chi connectivity index (χ3v) is 7.44. The van der Waals surface area contributed by atoms with E-state index in [0.29, 0.717) is 13.7 Å². The summed E-state index contributed by atoms with van der Waals surface area (Å²) in [5, 5.41) is 0. The van der Waals surface area contributed by atoms with E-state index in [0.717, 1.165) is 51.2 Å². The average Bonchev–Trinajstić information content (AvgIpc) is 3.71. The highest BCUT2D eigenvalue weighted by Crippen LogP contribution is 2.07. The largest absolute Gasteiger partial charge is 0.464 e. The number of esters is 3. The van der Waals surface area contributed by atoms with Gasteiger partial charge in [-0.25, -0.2) is 28.1 Å². The predicted molar refractivity (Wildman–Crippen MR) is 164 cm³/mol. The number of carbonyl (C=O) groups is 9. The fourth-order valence-electron chi connectivity index (χ4n) is 4.79. The maximum atomic E-state index is 13.2. The van der Waals surface area contributed by atoms with Gasteiger partial charge in [-0.05, 0) is 0 Å². The van der Waals surface area contributed by atoms with Gasteiger partial charge >= 0.3 is 35.0 Å². The number of imide groups is 3. The van der Waals surface area contributed by atoms with Gasteiger partial charge in [0, 0.05) is 56.1 Å². The van der Waals surface area contributed by atoms with Gasteiger partial charge < -0.3 is 14.2 Å². The minimum Gasteiger partial charge on any atom is -0.464 e. The first-order valence-electron chi connectivity index (χ1n) is 15.3. The van der Waals surface area contributed by atoms with Crippen molar-refractivity contribution in [2.45, 2.75) is 38.9 Å². The van der Waals surface area contributed by atoms with E-state index in [1.807, 2.05) is 0 Å². The lowest BCUT2D eigenvalue weighted by Gasteiger charge is -2.16. The van der Waals surface area contributed by atoms with Crippen LogP contribution in [-0.4, -0.2) is 121 Å². The van der Waals surface area contributed by atoms with Crippen LogP contribution in [0.15, 0.2) is 50.8 Å². The van der Waals surface area contributed by atoms with E-state index in [4.69, 9.17) is 14.2 Å². The van der Waals surface area contributed by atoms with Crippen LogP contribution >= 0.6 is 0 Å². The van der Waals surface area contributed by atoms with Crippen molar-refractivity contribution < 1.29 is 57.4 Å². The molecule has 0 aliphatic carbocycles. The fraction of sp³-hybridized carbons (Fsp3) is 0.400. The highest BCUT2D eigenvalue weighted by molar-refractivity contribution is 6.14. The quantitative estimate of drug-likeness (QED) is 0.0792. The Balaban J connectivity index is 1.39. The van der Waals surface area contributed by atoms with E-state index in [2.05, 4.69) is 0 Å². The van der Waals surface area contributed by atoms with Gasteiger partial charge in [0.25, 0.3) is 35.4 Å². The van der Waals surface area contributed by atoms with Crippen LogP contribution in [0.3, 0.4) is 0 Å². The Kier molecular flexibility index (Phi) is 12.2. The number of amides is 6. The monoisotopic (exact) mass is 714 g/mol. The first-order chi connectivity index (χ1) is 24.3. The van der Waals surface area contributed by atoms with Gasteiger partial charge in [0.05, 0.1) is 38.9 Å². The Hall–Kier alpha value is -6.54. The number of hydrogen-bond acceptors (Lipinski definition) is 15. The number of nitrogens with zero attached hydrogens (tertiary/aromatic N) is 6. The molecule has 4 rings (SSSR count). The fourth-order valence-corrected chi connectivity index (χ4v) is 4.79. The van der Waals surface area contributed by atoms with Crippen molar-refractivity contribution in [3.8, 4) is 0 Å². The summed E-state index contributed by atoms with van der Waals surface area (Å²) in [6, 6.07) is 0. The second kappa shape index (κ2) is 16.7. The van der Waals surface area contributed by atoms with Crippen molar-refractivity contribution in [1.82, 2.24) is 28.4 Å². The second-order valence-corrected chi connectivity index (χ2v) is 10.7. The van der Waals surface area contributed by atoms with E-state index >= 15 is 0 Å². The molecule has 21 heteroatoms. The molecule has 0 atom stereocenters. The summed E-state index contributed by atoms with van der Waals surface area (Å²) in [6.07, 6.45) is 5.06. The molecule has 6 amide bonds. The summed E-state index contributed by atoms with van der Waals surface area (Å²) in [5.74, 6) is -6.27. The highest BCUT2D eigenvalue weighted by atomic mass is 16.5. The zero-order valence-electron chi connectivity index (χ0n) is 26.8. The van der Waals surface area contributed by atoms with Crippen molar-refractivity contribution in [2.75, 3.05) is 39.5 Å². The molecule has 0 bridgehead atoms. The molecule has 0 fully saturated rings. The second-order valence-electron chi connectivity index (χ2n) is 10.7. The highest BCUT2D eigenvalue weighted by Gasteiger charge is 2.26. The number of carbonyl (C=O) groups excluding carboxylic acids is 9. The zero-order valence-corrected chi connectivity index (χ0v) is 26.8. The Morgan fingerprint density at radius 2 is 0.588 bits per heavy atom. The molecule has 51 heavy (non-hydrogen) atoms. The lowest BCUT2D eigenvalue weighted by atomic mass is 10.4. The van der Waals surface area contributed by atoms with Crippen LogP contribution in [0.4, 0.5) is 0 Å². The van der Waals surface area contributed by atoms with Crippen LogP contribution in [0, 0.1) is 0 Å². The summed E-state index contributed by atoms with van der Waals surface area (Å²) in [5.41, 5.74) is -3.51. The van der Waals surface area contributed by atoms with Crippen molar-refractivity contribution in [1.29, 1.82) is 0 Å². The third-order valence-electron chi connectivity index (χ3n) is 7.44. The molecular formula is C30H30N6O15. The van der Waals surface area contributed by atoms with Crippen LogP contribution in [0.5, 0.6) is 0 Å². The minimum atomic E-state index is -1.17. The van der Waals surface area contributed by atoms with Gasteiger partial charge in [-0.2, -0.15) is 0 Å². The molecule has 0 N–H and O–H groups in total. The molecule has 3 aliphatic heterocycles. The molecule has 3 aliphatic rings. The Morgan fingerprint density at radius 1 is 0.373 bits per heavy atom. The van der Waals surface area contributed by atoms with E-state index in [1.54, 1.807) is 0 Å². The first-order valence-corrected chi connectivity index (χ1v) is 15.3. The van der Waals surface area contributed by atoms with E-state index < -0.39 is 110 Å². The molecule has 21 nitrogen and oxygen atoms in total. The zero-order chi connectivity index (χ0) is 37.2. The molecule has 0 aromatic carbocycles. The van der Waals surface area contributed by atoms with Crippen molar-refractivity contribution in [2.24, 2.45) is 0 Å². The number of hydrogen-bond donors (Lipinski definition) is 0. The number of ether oxygens (including phenoxy) is 3. The SMILES string of the molecule is O=C(CCN1C(=O)C=CC1=O)OCCn1c(=O)n(CCOC(=O)CCN2C(=O)C=CC2=O)c(=O)n(CCOC(=O)CCN2C(=O)C=CC2=O)c1=O. The smallest absolute Gasteiger partial charge is 0.336 e. The lowest BCUT2D eigenvalue weighted by molar-refractivity contribution is -0.147.